The highest BCUT2D eigenvalue weighted by Crippen LogP contribution is 2.21. The van der Waals surface area contributed by atoms with Gasteiger partial charge in [-0.2, -0.15) is 5.10 Å². The van der Waals surface area contributed by atoms with Crippen LogP contribution in [0.2, 0.25) is 0 Å². The molecule has 0 bridgehead atoms. The van der Waals surface area contributed by atoms with Gasteiger partial charge in [-0.15, -0.1) is 0 Å². The van der Waals surface area contributed by atoms with Gasteiger partial charge in [-0.25, -0.2) is 4.98 Å². The van der Waals surface area contributed by atoms with Crippen molar-refractivity contribution in [2.45, 2.75) is 26.8 Å². The number of carbonyl (C=O) groups is 1. The number of aromatic nitrogens is 3. The molecule has 20 heavy (non-hydrogen) atoms. The third-order valence-electron chi connectivity index (χ3n) is 3.14. The fraction of sp³-hybridized carbons (Fsp3) is 0.500. The number of nitrogens with zero attached hydrogens (tertiary/aromatic N) is 3. The fourth-order valence-corrected chi connectivity index (χ4v) is 2.34. The molecule has 0 aliphatic rings. The van der Waals surface area contributed by atoms with E-state index in [0.717, 1.165) is 22.4 Å². The Balaban J connectivity index is 2.45. The summed E-state index contributed by atoms with van der Waals surface area (Å²) in [5, 5.41) is 8.07. The van der Waals surface area contributed by atoms with Crippen molar-refractivity contribution in [1.29, 1.82) is 0 Å². The highest BCUT2D eigenvalue weighted by molar-refractivity contribution is 6.06. The monoisotopic (exact) mass is 276 g/mol. The van der Waals surface area contributed by atoms with Crippen LogP contribution in [0.3, 0.4) is 0 Å². The maximum atomic E-state index is 12.4. The van der Waals surface area contributed by atoms with Crippen molar-refractivity contribution in [3.63, 3.8) is 0 Å². The van der Waals surface area contributed by atoms with E-state index >= 15 is 0 Å². The van der Waals surface area contributed by atoms with Gasteiger partial charge in [0.05, 0.1) is 23.3 Å². The van der Waals surface area contributed by atoms with Crippen LogP contribution < -0.4 is 5.32 Å². The molecule has 0 aliphatic heterocycles. The zero-order valence-electron chi connectivity index (χ0n) is 12.5. The third kappa shape index (κ3) is 2.65. The Morgan fingerprint density at radius 2 is 2.20 bits per heavy atom. The Morgan fingerprint density at radius 1 is 1.50 bits per heavy atom. The predicted octanol–water partition coefficient (Wildman–Crippen LogP) is 1.35. The number of carbonyl (C=O) groups excluding carboxylic acids is 1. The molecular weight excluding hydrogens is 256 g/mol. The van der Waals surface area contributed by atoms with Crippen molar-refractivity contribution in [3.05, 3.63) is 23.0 Å². The van der Waals surface area contributed by atoms with Crippen molar-refractivity contribution in [1.82, 2.24) is 20.1 Å². The molecule has 6 nitrogen and oxygen atoms in total. The molecule has 0 saturated carbocycles. The Hall–Kier alpha value is -1.95. The second kappa shape index (κ2) is 5.58. The van der Waals surface area contributed by atoms with Gasteiger partial charge in [0.25, 0.3) is 5.91 Å². The summed E-state index contributed by atoms with van der Waals surface area (Å²) in [4.78, 5) is 16.9. The van der Waals surface area contributed by atoms with E-state index in [-0.39, 0.29) is 11.9 Å². The molecule has 0 fully saturated rings. The molecule has 0 aromatic carbocycles. The molecule has 2 heterocycles. The number of pyridine rings is 1. The lowest BCUT2D eigenvalue weighted by molar-refractivity contribution is 0.0907. The fourth-order valence-electron chi connectivity index (χ4n) is 2.34. The Morgan fingerprint density at radius 3 is 2.85 bits per heavy atom. The highest BCUT2D eigenvalue weighted by Gasteiger charge is 2.18. The number of methoxy groups -OCH3 is 1. The normalized spacial score (nSPS) is 12.7. The van der Waals surface area contributed by atoms with Crippen LogP contribution in [0.4, 0.5) is 0 Å². The lowest BCUT2D eigenvalue weighted by Crippen LogP contribution is -2.35. The zero-order valence-corrected chi connectivity index (χ0v) is 12.5. The summed E-state index contributed by atoms with van der Waals surface area (Å²) in [6.07, 6.45) is 0. The number of ether oxygens (including phenoxy) is 1. The minimum Gasteiger partial charge on any atom is -0.383 e. The summed E-state index contributed by atoms with van der Waals surface area (Å²) in [5.41, 5.74) is 2.94. The minimum absolute atomic E-state index is 0.0481. The summed E-state index contributed by atoms with van der Waals surface area (Å²) in [5.74, 6) is -0.124. The molecule has 0 radical (unpaired) electrons. The van der Waals surface area contributed by atoms with Crippen molar-refractivity contribution >= 4 is 16.9 Å². The quantitative estimate of drug-likeness (QED) is 0.915. The average molecular weight is 276 g/mol. The second-order valence-electron chi connectivity index (χ2n) is 5.05. The largest absolute Gasteiger partial charge is 0.383 e. The summed E-state index contributed by atoms with van der Waals surface area (Å²) < 4.78 is 6.74. The summed E-state index contributed by atoms with van der Waals surface area (Å²) in [6, 6.07) is 1.75. The molecule has 2 rings (SSSR count). The summed E-state index contributed by atoms with van der Waals surface area (Å²) in [7, 11) is 3.44. The van der Waals surface area contributed by atoms with Gasteiger partial charge in [0, 0.05) is 25.9 Å². The molecule has 1 N–H and O–H groups in total. The van der Waals surface area contributed by atoms with Crippen LogP contribution in [-0.2, 0) is 11.8 Å². The van der Waals surface area contributed by atoms with Gasteiger partial charge in [0.15, 0.2) is 5.65 Å². The SMILES string of the molecule is COCC(C)NC(=O)c1cc(C)nc2c1c(C)nn2C. The van der Waals surface area contributed by atoms with Gasteiger partial charge in [-0.05, 0) is 26.8 Å². The third-order valence-corrected chi connectivity index (χ3v) is 3.14. The van der Waals surface area contributed by atoms with Crippen LogP contribution in [0.5, 0.6) is 0 Å². The first kappa shape index (κ1) is 14.5. The van der Waals surface area contributed by atoms with Crippen LogP contribution in [0, 0.1) is 13.8 Å². The first-order valence-electron chi connectivity index (χ1n) is 6.54. The van der Waals surface area contributed by atoms with Crippen molar-refractivity contribution in [2.75, 3.05) is 13.7 Å². The molecule has 108 valence electrons. The van der Waals surface area contributed by atoms with E-state index in [0.29, 0.717) is 12.2 Å². The molecule has 1 amide bonds. The lowest BCUT2D eigenvalue weighted by atomic mass is 10.1. The number of hydrogen-bond acceptors (Lipinski definition) is 4. The molecular formula is C14H20N4O2. The van der Waals surface area contributed by atoms with Gasteiger partial charge in [0.1, 0.15) is 0 Å². The first-order chi connectivity index (χ1) is 9.43. The van der Waals surface area contributed by atoms with E-state index in [4.69, 9.17) is 4.74 Å². The van der Waals surface area contributed by atoms with Gasteiger partial charge in [0.2, 0.25) is 0 Å². The molecule has 0 saturated heterocycles. The number of nitrogens with one attached hydrogen (secondary N) is 1. The van der Waals surface area contributed by atoms with E-state index in [2.05, 4.69) is 15.4 Å². The molecule has 0 aliphatic carbocycles. The van der Waals surface area contributed by atoms with Crippen LogP contribution in [0.25, 0.3) is 11.0 Å². The molecule has 6 heteroatoms. The summed E-state index contributed by atoms with van der Waals surface area (Å²) in [6.45, 7) is 6.14. The van der Waals surface area contributed by atoms with E-state index < -0.39 is 0 Å². The van der Waals surface area contributed by atoms with E-state index in [1.807, 2.05) is 27.8 Å². The van der Waals surface area contributed by atoms with Gasteiger partial charge in [-0.1, -0.05) is 0 Å². The maximum absolute atomic E-state index is 12.4. The highest BCUT2D eigenvalue weighted by atomic mass is 16.5. The Kier molecular flexibility index (Phi) is 4.04. The number of rotatable bonds is 4. The van der Waals surface area contributed by atoms with Crippen LogP contribution >= 0.6 is 0 Å². The van der Waals surface area contributed by atoms with E-state index in [1.165, 1.54) is 0 Å². The first-order valence-corrected chi connectivity index (χ1v) is 6.54. The number of fused-ring (bicyclic) bond motifs is 1. The average Bonchev–Trinajstić information content (AvgIpc) is 2.64. The predicted molar refractivity (Wildman–Crippen MR) is 76.8 cm³/mol. The van der Waals surface area contributed by atoms with E-state index in [1.54, 1.807) is 17.9 Å². The van der Waals surface area contributed by atoms with Gasteiger partial charge >= 0.3 is 0 Å². The smallest absolute Gasteiger partial charge is 0.252 e. The Labute approximate surface area is 118 Å². The van der Waals surface area contributed by atoms with Crippen LogP contribution in [0.1, 0.15) is 28.7 Å². The summed E-state index contributed by atoms with van der Waals surface area (Å²) >= 11 is 0. The minimum atomic E-state index is -0.124. The van der Waals surface area contributed by atoms with Crippen molar-refractivity contribution < 1.29 is 9.53 Å². The molecule has 2 aromatic rings. The Bertz CT molecular complexity index is 648. The molecule has 1 atom stereocenters. The van der Waals surface area contributed by atoms with Crippen molar-refractivity contribution in [2.24, 2.45) is 7.05 Å². The van der Waals surface area contributed by atoms with Crippen LogP contribution in [-0.4, -0.2) is 40.4 Å². The topological polar surface area (TPSA) is 69.0 Å². The second-order valence-corrected chi connectivity index (χ2v) is 5.05. The molecule has 1 unspecified atom stereocenters. The standard InChI is InChI=1S/C14H20N4O2/c1-8-6-11(14(19)16-9(2)7-20-5)12-10(3)17-18(4)13(12)15-8/h6,9H,7H2,1-5H3,(H,16,19). The lowest BCUT2D eigenvalue weighted by Gasteiger charge is -2.13. The number of amides is 1. The molecule has 0 spiro atoms. The van der Waals surface area contributed by atoms with Gasteiger partial charge < -0.3 is 10.1 Å². The van der Waals surface area contributed by atoms with Gasteiger partial charge in [-0.3, -0.25) is 9.48 Å². The zero-order chi connectivity index (χ0) is 14.9. The molecule has 2 aromatic heterocycles. The number of hydrogen-bond donors (Lipinski definition) is 1. The van der Waals surface area contributed by atoms with Crippen LogP contribution in [0.15, 0.2) is 6.07 Å². The van der Waals surface area contributed by atoms with Crippen molar-refractivity contribution in [3.8, 4) is 0 Å². The van der Waals surface area contributed by atoms with E-state index in [9.17, 15) is 4.79 Å². The number of aryl methyl sites for hydroxylation is 3. The maximum Gasteiger partial charge on any atom is 0.252 e.